The second kappa shape index (κ2) is 7.59. The van der Waals surface area contributed by atoms with Crippen LogP contribution in [0.25, 0.3) is 82.6 Å². The van der Waals surface area contributed by atoms with Gasteiger partial charge in [-0.15, -0.1) is 0 Å². The Morgan fingerprint density at radius 3 is 2.26 bits per heavy atom. The molecule has 182 valence electrons. The van der Waals surface area contributed by atoms with E-state index in [1.54, 1.807) is 0 Å². The first kappa shape index (κ1) is 20.7. The van der Waals surface area contributed by atoms with Gasteiger partial charge in [0.25, 0.3) is 0 Å². The van der Waals surface area contributed by atoms with Gasteiger partial charge in [0.05, 0.1) is 16.7 Å². The first-order chi connectivity index (χ1) is 19.3. The molecule has 0 spiro atoms. The van der Waals surface area contributed by atoms with Gasteiger partial charge in [-0.05, 0) is 48.5 Å². The molecule has 1 N–H and O–H groups in total. The number of nitrogens with one attached hydrogen (secondary N) is 1. The summed E-state index contributed by atoms with van der Waals surface area (Å²) in [5.74, 6) is 0.881. The molecule has 0 aliphatic rings. The first-order valence-electron chi connectivity index (χ1n) is 13.2. The number of para-hydroxylation sites is 4. The third-order valence-corrected chi connectivity index (χ3v) is 7.95. The smallest absolute Gasteiger partial charge is 0.144 e. The minimum absolute atomic E-state index is 0.867. The van der Waals surface area contributed by atoms with Gasteiger partial charge in [-0.25, -0.2) is 4.98 Å². The van der Waals surface area contributed by atoms with E-state index in [0.717, 1.165) is 61.1 Å². The summed E-state index contributed by atoms with van der Waals surface area (Å²) in [4.78, 5) is 8.84. The summed E-state index contributed by atoms with van der Waals surface area (Å²) < 4.78 is 8.62. The number of aromatic nitrogens is 3. The van der Waals surface area contributed by atoms with E-state index in [0.29, 0.717) is 0 Å². The number of hydrogen-bond donors (Lipinski definition) is 1. The van der Waals surface area contributed by atoms with Gasteiger partial charge >= 0.3 is 0 Å². The SMILES string of the molecule is c1cc(-c2cccc3c2oc2ccccc23)nc(-n2c3ccccc3c3c4c(ccc32)[nH]c2ccccc24)c1. The topological polar surface area (TPSA) is 46.8 Å². The average Bonchev–Trinajstić information content (AvgIpc) is 3.66. The Balaban J connectivity index is 1.35. The minimum atomic E-state index is 0.867. The van der Waals surface area contributed by atoms with E-state index in [-0.39, 0.29) is 0 Å². The summed E-state index contributed by atoms with van der Waals surface area (Å²) in [5.41, 5.74) is 8.20. The van der Waals surface area contributed by atoms with Crippen molar-refractivity contribution in [2.75, 3.05) is 0 Å². The summed E-state index contributed by atoms with van der Waals surface area (Å²) in [6, 6.07) is 42.3. The number of hydrogen-bond acceptors (Lipinski definition) is 2. The van der Waals surface area contributed by atoms with E-state index in [9.17, 15) is 0 Å². The standard InChI is InChI=1S/C35H21N3O/c1-4-14-26-23(10-1)33-28(36-26)19-20-30-34(33)25-11-2-5-16-29(25)38(30)32-18-8-15-27(37-32)24-13-7-12-22-21-9-3-6-17-31(21)39-35(22)24/h1-20,36H. The van der Waals surface area contributed by atoms with Crippen LogP contribution in [-0.2, 0) is 0 Å². The van der Waals surface area contributed by atoms with E-state index < -0.39 is 0 Å². The molecule has 0 radical (unpaired) electrons. The predicted molar refractivity (Wildman–Crippen MR) is 161 cm³/mol. The Kier molecular flexibility index (Phi) is 4.02. The molecular weight excluding hydrogens is 478 g/mol. The predicted octanol–water partition coefficient (Wildman–Crippen LogP) is 9.38. The van der Waals surface area contributed by atoms with Crippen molar-refractivity contribution in [2.45, 2.75) is 0 Å². The maximum Gasteiger partial charge on any atom is 0.144 e. The monoisotopic (exact) mass is 499 g/mol. The number of fused-ring (bicyclic) bond motifs is 10. The van der Waals surface area contributed by atoms with Gasteiger partial charge in [-0.3, -0.25) is 4.57 Å². The van der Waals surface area contributed by atoms with Crippen LogP contribution in [0, 0.1) is 0 Å². The van der Waals surface area contributed by atoms with Crippen molar-refractivity contribution in [1.29, 1.82) is 0 Å². The average molecular weight is 500 g/mol. The second-order valence-corrected chi connectivity index (χ2v) is 10.1. The summed E-state index contributed by atoms with van der Waals surface area (Å²) in [7, 11) is 0. The molecule has 4 heteroatoms. The van der Waals surface area contributed by atoms with Gasteiger partial charge in [-0.1, -0.05) is 72.8 Å². The molecule has 0 aliphatic heterocycles. The molecule has 4 nitrogen and oxygen atoms in total. The number of pyridine rings is 1. The molecule has 0 bridgehead atoms. The zero-order chi connectivity index (χ0) is 25.5. The molecule has 5 aromatic carbocycles. The van der Waals surface area contributed by atoms with Gasteiger partial charge in [0.15, 0.2) is 0 Å². The van der Waals surface area contributed by atoms with Gasteiger partial charge < -0.3 is 9.40 Å². The van der Waals surface area contributed by atoms with Crippen molar-refractivity contribution in [3.05, 3.63) is 121 Å². The molecule has 9 aromatic rings. The number of nitrogens with zero attached hydrogens (tertiary/aromatic N) is 2. The lowest BCUT2D eigenvalue weighted by atomic mass is 10.1. The molecule has 0 aliphatic carbocycles. The summed E-state index contributed by atoms with van der Waals surface area (Å²) in [6.07, 6.45) is 0. The minimum Gasteiger partial charge on any atom is -0.455 e. The molecule has 4 aromatic heterocycles. The van der Waals surface area contributed by atoms with Crippen LogP contribution in [0.1, 0.15) is 0 Å². The van der Waals surface area contributed by atoms with E-state index in [4.69, 9.17) is 9.40 Å². The highest BCUT2D eigenvalue weighted by Gasteiger charge is 2.19. The van der Waals surface area contributed by atoms with Gasteiger partial charge in [0.1, 0.15) is 17.0 Å². The fourth-order valence-corrected chi connectivity index (χ4v) is 6.29. The lowest BCUT2D eigenvalue weighted by Crippen LogP contribution is -1.98. The zero-order valence-electron chi connectivity index (χ0n) is 20.8. The van der Waals surface area contributed by atoms with Crippen molar-refractivity contribution in [3.63, 3.8) is 0 Å². The molecule has 4 heterocycles. The van der Waals surface area contributed by atoms with Crippen LogP contribution in [0.5, 0.6) is 0 Å². The molecular formula is C35H21N3O. The molecule has 9 rings (SSSR count). The Labute approximate surface area is 222 Å². The van der Waals surface area contributed by atoms with E-state index in [2.05, 4.69) is 119 Å². The molecule has 0 fully saturated rings. The van der Waals surface area contributed by atoms with Crippen LogP contribution in [0.4, 0.5) is 0 Å². The maximum absolute atomic E-state index is 6.34. The third-order valence-electron chi connectivity index (χ3n) is 7.95. The molecule has 39 heavy (non-hydrogen) atoms. The van der Waals surface area contributed by atoms with Crippen LogP contribution >= 0.6 is 0 Å². The molecule has 0 unspecified atom stereocenters. The molecule has 0 amide bonds. The van der Waals surface area contributed by atoms with Crippen LogP contribution in [0.3, 0.4) is 0 Å². The van der Waals surface area contributed by atoms with Gasteiger partial charge in [-0.2, -0.15) is 0 Å². The normalized spacial score (nSPS) is 12.1. The highest BCUT2D eigenvalue weighted by atomic mass is 16.3. The Morgan fingerprint density at radius 2 is 1.31 bits per heavy atom. The Morgan fingerprint density at radius 1 is 0.538 bits per heavy atom. The highest BCUT2D eigenvalue weighted by molar-refractivity contribution is 6.28. The van der Waals surface area contributed by atoms with E-state index in [1.807, 2.05) is 12.1 Å². The van der Waals surface area contributed by atoms with Crippen molar-refractivity contribution in [1.82, 2.24) is 14.5 Å². The molecule has 0 saturated carbocycles. The van der Waals surface area contributed by atoms with Gasteiger partial charge in [0, 0.05) is 48.9 Å². The van der Waals surface area contributed by atoms with Crippen molar-refractivity contribution >= 4 is 65.6 Å². The van der Waals surface area contributed by atoms with Gasteiger partial charge in [0.2, 0.25) is 0 Å². The van der Waals surface area contributed by atoms with Crippen LogP contribution < -0.4 is 0 Å². The number of furan rings is 1. The quantitative estimate of drug-likeness (QED) is 0.257. The zero-order valence-corrected chi connectivity index (χ0v) is 20.8. The maximum atomic E-state index is 6.34. The number of rotatable bonds is 2. The van der Waals surface area contributed by atoms with Crippen LogP contribution in [0.15, 0.2) is 126 Å². The van der Waals surface area contributed by atoms with E-state index in [1.165, 1.54) is 21.5 Å². The first-order valence-corrected chi connectivity index (χ1v) is 13.2. The Hall–Kier alpha value is -5.35. The van der Waals surface area contributed by atoms with Crippen LogP contribution in [0.2, 0.25) is 0 Å². The second-order valence-electron chi connectivity index (χ2n) is 10.1. The highest BCUT2D eigenvalue weighted by Crippen LogP contribution is 2.40. The molecule has 0 atom stereocenters. The number of benzene rings is 5. The summed E-state index contributed by atoms with van der Waals surface area (Å²) in [5, 5.41) is 7.17. The lowest BCUT2D eigenvalue weighted by Gasteiger charge is -2.09. The van der Waals surface area contributed by atoms with Crippen molar-refractivity contribution in [3.8, 4) is 17.1 Å². The van der Waals surface area contributed by atoms with Crippen molar-refractivity contribution < 1.29 is 4.42 Å². The lowest BCUT2D eigenvalue weighted by molar-refractivity contribution is 0.670. The molecule has 0 saturated heterocycles. The fraction of sp³-hybridized carbons (Fsp3) is 0. The summed E-state index contributed by atoms with van der Waals surface area (Å²) in [6.45, 7) is 0. The van der Waals surface area contributed by atoms with E-state index >= 15 is 0 Å². The largest absolute Gasteiger partial charge is 0.455 e. The fourth-order valence-electron chi connectivity index (χ4n) is 6.29. The van der Waals surface area contributed by atoms with Crippen LogP contribution in [-0.4, -0.2) is 14.5 Å². The van der Waals surface area contributed by atoms with Crippen molar-refractivity contribution in [2.24, 2.45) is 0 Å². The number of aromatic amines is 1. The summed E-state index contributed by atoms with van der Waals surface area (Å²) >= 11 is 0. The number of H-pyrrole nitrogens is 1. The Bertz CT molecular complexity index is 2400. The third kappa shape index (κ3) is 2.80.